The number of halogens is 2. The number of hydrogen-bond acceptors (Lipinski definition) is 3. The molecule has 0 saturated heterocycles. The molecule has 0 bridgehead atoms. The highest BCUT2D eigenvalue weighted by molar-refractivity contribution is 6.34. The van der Waals surface area contributed by atoms with Crippen molar-refractivity contribution in [2.45, 2.75) is 6.42 Å². The summed E-state index contributed by atoms with van der Waals surface area (Å²) in [4.78, 5) is 12.0. The van der Waals surface area contributed by atoms with Gasteiger partial charge in [0.05, 0.1) is 31.4 Å². The first-order valence-electron chi connectivity index (χ1n) is 6.49. The van der Waals surface area contributed by atoms with Gasteiger partial charge in [-0.15, -0.1) is 0 Å². The zero-order chi connectivity index (χ0) is 16.1. The summed E-state index contributed by atoms with van der Waals surface area (Å²) in [7, 11) is 2.99. The topological polar surface area (TPSA) is 47.6 Å². The smallest absolute Gasteiger partial charge is 0.228 e. The molecule has 0 atom stereocenters. The quantitative estimate of drug-likeness (QED) is 0.913. The molecule has 1 amide bonds. The third-order valence-corrected chi connectivity index (χ3v) is 3.31. The van der Waals surface area contributed by atoms with Crippen molar-refractivity contribution in [1.29, 1.82) is 0 Å². The molecule has 0 aliphatic rings. The van der Waals surface area contributed by atoms with Gasteiger partial charge < -0.3 is 14.8 Å². The van der Waals surface area contributed by atoms with Crippen LogP contribution < -0.4 is 14.8 Å². The maximum absolute atomic E-state index is 13.1. The zero-order valence-electron chi connectivity index (χ0n) is 12.2. The monoisotopic (exact) mass is 323 g/mol. The first kappa shape index (κ1) is 16.1. The van der Waals surface area contributed by atoms with Crippen molar-refractivity contribution in [3.63, 3.8) is 0 Å². The van der Waals surface area contributed by atoms with Crippen LogP contribution in [0.1, 0.15) is 5.56 Å². The lowest BCUT2D eigenvalue weighted by Gasteiger charge is -2.12. The fourth-order valence-electron chi connectivity index (χ4n) is 1.98. The van der Waals surface area contributed by atoms with Crippen molar-refractivity contribution >= 4 is 23.2 Å². The van der Waals surface area contributed by atoms with Gasteiger partial charge >= 0.3 is 0 Å². The van der Waals surface area contributed by atoms with Crippen LogP contribution in [0.2, 0.25) is 5.02 Å². The molecular weight excluding hydrogens is 309 g/mol. The fourth-order valence-corrected chi connectivity index (χ4v) is 2.18. The van der Waals surface area contributed by atoms with Gasteiger partial charge in [-0.2, -0.15) is 0 Å². The van der Waals surface area contributed by atoms with Crippen LogP contribution in [0.25, 0.3) is 0 Å². The number of amides is 1. The number of benzene rings is 2. The van der Waals surface area contributed by atoms with Crippen LogP contribution in [-0.4, -0.2) is 20.1 Å². The van der Waals surface area contributed by atoms with Gasteiger partial charge in [0, 0.05) is 12.1 Å². The van der Waals surface area contributed by atoms with Crippen molar-refractivity contribution < 1.29 is 18.7 Å². The van der Waals surface area contributed by atoms with E-state index in [0.717, 1.165) is 0 Å². The summed E-state index contributed by atoms with van der Waals surface area (Å²) in [5.41, 5.74) is 0.981. The second kappa shape index (κ2) is 7.13. The number of ether oxygens (including phenoxy) is 2. The van der Waals surface area contributed by atoms with Gasteiger partial charge in [0.15, 0.2) is 11.5 Å². The van der Waals surface area contributed by atoms with Crippen molar-refractivity contribution in [1.82, 2.24) is 0 Å². The Bertz CT molecular complexity index is 691. The molecule has 0 heterocycles. The lowest BCUT2D eigenvalue weighted by molar-refractivity contribution is -0.115. The van der Waals surface area contributed by atoms with Crippen LogP contribution in [0.3, 0.4) is 0 Å². The van der Waals surface area contributed by atoms with Crippen LogP contribution in [0, 0.1) is 5.82 Å². The Morgan fingerprint density at radius 3 is 2.50 bits per heavy atom. The number of rotatable bonds is 5. The first-order valence-corrected chi connectivity index (χ1v) is 6.87. The molecule has 0 aromatic heterocycles. The van der Waals surface area contributed by atoms with E-state index in [0.29, 0.717) is 27.8 Å². The van der Waals surface area contributed by atoms with Gasteiger partial charge in [-0.1, -0.05) is 23.7 Å². The van der Waals surface area contributed by atoms with Crippen molar-refractivity contribution in [3.8, 4) is 11.5 Å². The van der Waals surface area contributed by atoms with E-state index in [1.165, 1.54) is 26.4 Å². The van der Waals surface area contributed by atoms with E-state index in [-0.39, 0.29) is 18.1 Å². The van der Waals surface area contributed by atoms with Gasteiger partial charge in [-0.3, -0.25) is 4.79 Å². The summed E-state index contributed by atoms with van der Waals surface area (Å²) in [5, 5.41) is 3.00. The number of carbonyl (C=O) groups excluding carboxylic acids is 1. The molecule has 22 heavy (non-hydrogen) atoms. The van der Waals surface area contributed by atoms with Crippen LogP contribution in [0.5, 0.6) is 11.5 Å². The summed E-state index contributed by atoms with van der Waals surface area (Å²) >= 11 is 6.10. The summed E-state index contributed by atoms with van der Waals surface area (Å²) < 4.78 is 23.4. The van der Waals surface area contributed by atoms with E-state index in [2.05, 4.69) is 5.32 Å². The summed E-state index contributed by atoms with van der Waals surface area (Å²) in [6.45, 7) is 0. The molecule has 1 N–H and O–H groups in total. The normalized spacial score (nSPS) is 10.2. The van der Waals surface area contributed by atoms with E-state index in [4.69, 9.17) is 21.1 Å². The van der Waals surface area contributed by atoms with E-state index in [1.807, 2.05) is 0 Å². The van der Waals surface area contributed by atoms with Crippen LogP contribution in [-0.2, 0) is 11.2 Å². The molecule has 2 rings (SSSR count). The predicted octanol–water partition coefficient (Wildman–Crippen LogP) is 3.68. The number of methoxy groups -OCH3 is 2. The molecular formula is C16H15ClFNO3. The minimum absolute atomic E-state index is 0.0441. The Hall–Kier alpha value is -2.27. The van der Waals surface area contributed by atoms with Gasteiger partial charge in [-0.25, -0.2) is 4.39 Å². The third-order valence-electron chi connectivity index (χ3n) is 3.00. The fraction of sp³-hybridized carbons (Fsp3) is 0.188. The standard InChI is InChI=1S/C16H15ClFNO3/c1-21-14-8-12(17)13(9-15(14)22-2)19-16(20)7-10-4-3-5-11(18)6-10/h3-6,8-9H,7H2,1-2H3,(H,19,20). The van der Waals surface area contributed by atoms with Crippen LogP contribution in [0.15, 0.2) is 36.4 Å². The molecule has 4 nitrogen and oxygen atoms in total. The largest absolute Gasteiger partial charge is 0.493 e. The average Bonchev–Trinajstić information content (AvgIpc) is 2.48. The van der Waals surface area contributed by atoms with Crippen LogP contribution in [0.4, 0.5) is 10.1 Å². The molecule has 2 aromatic carbocycles. The highest BCUT2D eigenvalue weighted by atomic mass is 35.5. The van der Waals surface area contributed by atoms with E-state index < -0.39 is 0 Å². The first-order chi connectivity index (χ1) is 10.5. The number of carbonyl (C=O) groups is 1. The zero-order valence-corrected chi connectivity index (χ0v) is 12.9. The van der Waals surface area contributed by atoms with Crippen LogP contribution >= 0.6 is 11.6 Å². The number of anilines is 1. The molecule has 0 fully saturated rings. The van der Waals surface area contributed by atoms with Gasteiger partial charge in [0.2, 0.25) is 5.91 Å². The Morgan fingerprint density at radius 1 is 1.18 bits per heavy atom. The Labute approximate surface area is 132 Å². The molecule has 6 heteroatoms. The summed E-state index contributed by atoms with van der Waals surface area (Å²) in [6, 6.07) is 9.01. The number of hydrogen-bond donors (Lipinski definition) is 1. The summed E-state index contributed by atoms with van der Waals surface area (Å²) in [6.07, 6.45) is 0.0441. The Morgan fingerprint density at radius 2 is 1.86 bits per heavy atom. The number of nitrogens with one attached hydrogen (secondary N) is 1. The molecule has 0 unspecified atom stereocenters. The average molecular weight is 324 g/mol. The molecule has 0 spiro atoms. The van der Waals surface area contributed by atoms with E-state index >= 15 is 0 Å². The summed E-state index contributed by atoms with van der Waals surface area (Å²) in [5.74, 6) is 0.234. The van der Waals surface area contributed by atoms with E-state index in [9.17, 15) is 9.18 Å². The van der Waals surface area contributed by atoms with Gasteiger partial charge in [0.1, 0.15) is 5.82 Å². The Balaban J connectivity index is 2.14. The maximum Gasteiger partial charge on any atom is 0.228 e. The molecule has 0 aliphatic carbocycles. The molecule has 2 aromatic rings. The second-order valence-corrected chi connectivity index (χ2v) is 4.95. The Kier molecular flexibility index (Phi) is 5.22. The SMILES string of the molecule is COc1cc(Cl)c(NC(=O)Cc2cccc(F)c2)cc1OC. The molecule has 0 saturated carbocycles. The highest BCUT2D eigenvalue weighted by Crippen LogP contribution is 2.36. The second-order valence-electron chi connectivity index (χ2n) is 4.54. The highest BCUT2D eigenvalue weighted by Gasteiger charge is 2.12. The van der Waals surface area contributed by atoms with E-state index in [1.54, 1.807) is 24.3 Å². The minimum atomic E-state index is -0.380. The predicted molar refractivity (Wildman–Crippen MR) is 83.3 cm³/mol. The molecule has 116 valence electrons. The lowest BCUT2D eigenvalue weighted by Crippen LogP contribution is -2.15. The van der Waals surface area contributed by atoms with Gasteiger partial charge in [-0.05, 0) is 17.7 Å². The van der Waals surface area contributed by atoms with Crippen molar-refractivity contribution in [3.05, 3.63) is 52.8 Å². The molecule has 0 radical (unpaired) electrons. The van der Waals surface area contributed by atoms with Crippen molar-refractivity contribution in [2.75, 3.05) is 19.5 Å². The molecule has 0 aliphatic heterocycles. The maximum atomic E-state index is 13.1. The third kappa shape index (κ3) is 3.89. The van der Waals surface area contributed by atoms with Gasteiger partial charge in [0.25, 0.3) is 0 Å². The lowest BCUT2D eigenvalue weighted by atomic mass is 10.1. The van der Waals surface area contributed by atoms with Crippen molar-refractivity contribution in [2.24, 2.45) is 0 Å². The minimum Gasteiger partial charge on any atom is -0.493 e.